The molecular weight excluding hydrogens is 332 g/mol. The summed E-state index contributed by atoms with van der Waals surface area (Å²) in [7, 11) is 1.25. The maximum Gasteiger partial charge on any atom is 0.251 e. The highest BCUT2D eigenvalue weighted by molar-refractivity contribution is 5.94. The van der Waals surface area contributed by atoms with E-state index < -0.39 is 17.5 Å². The first-order valence-electron chi connectivity index (χ1n) is 7.20. The van der Waals surface area contributed by atoms with Crippen LogP contribution in [0.5, 0.6) is 5.75 Å². The number of nitrogens with one attached hydrogen (secondary N) is 1. The lowest BCUT2D eigenvalue weighted by molar-refractivity contribution is 0.0950. The van der Waals surface area contributed by atoms with Crippen molar-refractivity contribution in [2.45, 2.75) is 6.54 Å². The zero-order valence-electron chi connectivity index (χ0n) is 13.1. The number of aromatic nitrogens is 4. The van der Waals surface area contributed by atoms with Crippen molar-refractivity contribution in [3.63, 3.8) is 0 Å². The predicted molar refractivity (Wildman–Crippen MR) is 83.2 cm³/mol. The molecule has 0 saturated carbocycles. The third kappa shape index (κ3) is 3.44. The molecule has 0 unspecified atom stereocenters. The van der Waals surface area contributed by atoms with Gasteiger partial charge in [0, 0.05) is 23.9 Å². The van der Waals surface area contributed by atoms with Crippen LogP contribution in [-0.4, -0.2) is 32.8 Å². The standard InChI is InChI=1S/C16H13F2N5O2/c1-25-12-3-2-11(14(17)15(12)18)7-20-16(24)10-4-5-19-13(6-10)23-8-21-22-9-23/h2-6,8-9H,7H2,1H3,(H,20,24). The Balaban J connectivity index is 1.73. The second kappa shape index (κ2) is 7.04. The van der Waals surface area contributed by atoms with Crippen LogP contribution in [0.25, 0.3) is 5.82 Å². The second-order valence-corrected chi connectivity index (χ2v) is 5.01. The van der Waals surface area contributed by atoms with Gasteiger partial charge in [0.25, 0.3) is 5.91 Å². The fourth-order valence-corrected chi connectivity index (χ4v) is 2.16. The van der Waals surface area contributed by atoms with Crippen LogP contribution in [0, 0.1) is 11.6 Å². The summed E-state index contributed by atoms with van der Waals surface area (Å²) in [5.74, 6) is -2.33. The van der Waals surface area contributed by atoms with E-state index in [0.717, 1.165) is 0 Å². The van der Waals surface area contributed by atoms with Gasteiger partial charge in [-0.25, -0.2) is 9.37 Å². The van der Waals surface area contributed by atoms with Gasteiger partial charge in [-0.05, 0) is 18.2 Å². The Hall–Kier alpha value is -3.36. The molecule has 9 heteroatoms. The number of hydrogen-bond acceptors (Lipinski definition) is 5. The minimum Gasteiger partial charge on any atom is -0.494 e. The highest BCUT2D eigenvalue weighted by atomic mass is 19.2. The summed E-state index contributed by atoms with van der Waals surface area (Å²) in [5, 5.41) is 9.87. The van der Waals surface area contributed by atoms with Crippen LogP contribution >= 0.6 is 0 Å². The molecule has 0 aliphatic heterocycles. The van der Waals surface area contributed by atoms with Gasteiger partial charge >= 0.3 is 0 Å². The summed E-state index contributed by atoms with van der Waals surface area (Å²) in [5.41, 5.74) is 0.327. The van der Waals surface area contributed by atoms with Gasteiger partial charge in [0.15, 0.2) is 11.6 Å². The lowest BCUT2D eigenvalue weighted by atomic mass is 10.1. The SMILES string of the molecule is COc1ccc(CNC(=O)c2ccnc(-n3cnnc3)c2)c(F)c1F. The highest BCUT2D eigenvalue weighted by Gasteiger charge is 2.15. The molecule has 0 aliphatic rings. The molecule has 0 aliphatic carbocycles. The quantitative estimate of drug-likeness (QED) is 0.763. The molecule has 0 bridgehead atoms. The van der Waals surface area contributed by atoms with Crippen LogP contribution in [0.3, 0.4) is 0 Å². The molecule has 1 N–H and O–H groups in total. The number of hydrogen-bond donors (Lipinski definition) is 1. The Morgan fingerprint density at radius 1 is 1.20 bits per heavy atom. The Bertz CT molecular complexity index is 900. The maximum absolute atomic E-state index is 13.9. The van der Waals surface area contributed by atoms with Gasteiger partial charge in [0.05, 0.1) is 7.11 Å². The van der Waals surface area contributed by atoms with E-state index in [1.54, 1.807) is 0 Å². The first kappa shape index (κ1) is 16.5. The molecule has 0 atom stereocenters. The fraction of sp³-hybridized carbons (Fsp3) is 0.125. The third-order valence-corrected chi connectivity index (χ3v) is 3.48. The zero-order valence-corrected chi connectivity index (χ0v) is 13.1. The molecular formula is C16H13F2N5O2. The van der Waals surface area contributed by atoms with Crippen LogP contribution in [-0.2, 0) is 6.54 Å². The molecule has 0 spiro atoms. The third-order valence-electron chi connectivity index (χ3n) is 3.48. The summed E-state index contributed by atoms with van der Waals surface area (Å²) < 4.78 is 33.8. The first-order chi connectivity index (χ1) is 12.1. The number of carbonyl (C=O) groups excluding carboxylic acids is 1. The number of nitrogens with zero attached hydrogens (tertiary/aromatic N) is 4. The predicted octanol–water partition coefficient (Wildman–Crippen LogP) is 1.88. The van der Waals surface area contributed by atoms with Gasteiger partial charge in [-0.2, -0.15) is 4.39 Å². The van der Waals surface area contributed by atoms with Crippen molar-refractivity contribution in [2.24, 2.45) is 0 Å². The molecule has 128 valence electrons. The second-order valence-electron chi connectivity index (χ2n) is 5.01. The van der Waals surface area contributed by atoms with E-state index in [-0.39, 0.29) is 17.9 Å². The number of benzene rings is 1. The highest BCUT2D eigenvalue weighted by Crippen LogP contribution is 2.22. The van der Waals surface area contributed by atoms with Crippen LogP contribution in [0.15, 0.2) is 43.1 Å². The van der Waals surface area contributed by atoms with Crippen molar-refractivity contribution < 1.29 is 18.3 Å². The number of halogens is 2. The smallest absolute Gasteiger partial charge is 0.251 e. The summed E-state index contributed by atoms with van der Waals surface area (Å²) in [6.07, 6.45) is 4.34. The van der Waals surface area contributed by atoms with Crippen molar-refractivity contribution in [3.05, 3.63) is 65.9 Å². The average molecular weight is 345 g/mol. The van der Waals surface area contributed by atoms with Crippen LogP contribution in [0.4, 0.5) is 8.78 Å². The van der Waals surface area contributed by atoms with Gasteiger partial charge in [-0.3, -0.25) is 9.36 Å². The topological polar surface area (TPSA) is 81.9 Å². The van der Waals surface area contributed by atoms with Crippen LogP contribution in [0.2, 0.25) is 0 Å². The molecule has 2 heterocycles. The maximum atomic E-state index is 13.9. The molecule has 7 nitrogen and oxygen atoms in total. The number of methoxy groups -OCH3 is 1. The summed E-state index contributed by atoms with van der Waals surface area (Å²) in [6, 6.07) is 5.70. The summed E-state index contributed by atoms with van der Waals surface area (Å²) in [4.78, 5) is 16.3. The van der Waals surface area contributed by atoms with Gasteiger partial charge in [0.2, 0.25) is 5.82 Å². The molecule has 0 fully saturated rings. The molecule has 1 amide bonds. The number of ether oxygens (including phenoxy) is 1. The molecule has 2 aromatic heterocycles. The minimum absolute atomic E-state index is 0.0136. The molecule has 25 heavy (non-hydrogen) atoms. The zero-order chi connectivity index (χ0) is 17.8. The van der Waals surface area contributed by atoms with E-state index in [0.29, 0.717) is 11.4 Å². The van der Waals surface area contributed by atoms with Crippen molar-refractivity contribution in [2.75, 3.05) is 7.11 Å². The van der Waals surface area contributed by atoms with E-state index in [1.165, 1.54) is 54.8 Å². The molecule has 0 radical (unpaired) electrons. The molecule has 3 aromatic rings. The summed E-state index contributed by atoms with van der Waals surface area (Å²) >= 11 is 0. The van der Waals surface area contributed by atoms with Crippen molar-refractivity contribution in [3.8, 4) is 11.6 Å². The summed E-state index contributed by atoms with van der Waals surface area (Å²) in [6.45, 7) is -0.171. The number of rotatable bonds is 5. The van der Waals surface area contributed by atoms with E-state index in [1.807, 2.05) is 0 Å². The fourth-order valence-electron chi connectivity index (χ4n) is 2.16. The first-order valence-corrected chi connectivity index (χ1v) is 7.20. The van der Waals surface area contributed by atoms with Crippen molar-refractivity contribution in [1.29, 1.82) is 0 Å². The number of carbonyl (C=O) groups is 1. The Morgan fingerprint density at radius 3 is 2.68 bits per heavy atom. The van der Waals surface area contributed by atoms with Crippen LogP contribution in [0.1, 0.15) is 15.9 Å². The van der Waals surface area contributed by atoms with Crippen molar-refractivity contribution in [1.82, 2.24) is 25.1 Å². The molecule has 0 saturated heterocycles. The minimum atomic E-state index is -1.09. The Morgan fingerprint density at radius 2 is 1.96 bits per heavy atom. The van der Waals surface area contributed by atoms with Gasteiger partial charge in [-0.15, -0.1) is 10.2 Å². The number of amides is 1. The van der Waals surface area contributed by atoms with E-state index >= 15 is 0 Å². The normalized spacial score (nSPS) is 10.5. The Kier molecular flexibility index (Phi) is 4.64. The van der Waals surface area contributed by atoms with E-state index in [2.05, 4.69) is 20.5 Å². The number of pyridine rings is 1. The van der Waals surface area contributed by atoms with Gasteiger partial charge < -0.3 is 10.1 Å². The molecule has 1 aromatic carbocycles. The Labute approximate surface area is 141 Å². The largest absolute Gasteiger partial charge is 0.494 e. The molecule has 3 rings (SSSR count). The lowest BCUT2D eigenvalue weighted by Crippen LogP contribution is -2.23. The van der Waals surface area contributed by atoms with Gasteiger partial charge in [0.1, 0.15) is 18.5 Å². The van der Waals surface area contributed by atoms with Crippen LogP contribution < -0.4 is 10.1 Å². The van der Waals surface area contributed by atoms with E-state index in [4.69, 9.17) is 4.74 Å². The average Bonchev–Trinajstić information content (AvgIpc) is 3.17. The lowest BCUT2D eigenvalue weighted by Gasteiger charge is -2.09. The monoisotopic (exact) mass is 345 g/mol. The van der Waals surface area contributed by atoms with Crippen molar-refractivity contribution >= 4 is 5.91 Å². The van der Waals surface area contributed by atoms with Gasteiger partial charge in [-0.1, -0.05) is 6.07 Å². The van der Waals surface area contributed by atoms with E-state index in [9.17, 15) is 13.6 Å².